The Labute approximate surface area is 122 Å². The largest absolute Gasteiger partial charge is 0.380 e. The Morgan fingerprint density at radius 3 is 2.85 bits per heavy atom. The maximum Gasteiger partial charge on any atom is 0.256 e. The average molecular weight is 291 g/mol. The molecule has 20 heavy (non-hydrogen) atoms. The van der Waals surface area contributed by atoms with E-state index in [1.165, 1.54) is 0 Å². The molecule has 1 fully saturated rings. The van der Waals surface area contributed by atoms with Gasteiger partial charge in [-0.3, -0.25) is 4.79 Å². The number of ether oxygens (including phenoxy) is 1. The molecule has 0 bridgehead atoms. The summed E-state index contributed by atoms with van der Waals surface area (Å²) < 4.78 is 5.30. The van der Waals surface area contributed by atoms with Crippen LogP contribution in [0.4, 0.5) is 0 Å². The first-order valence-electron chi connectivity index (χ1n) is 6.56. The molecule has 0 aliphatic carbocycles. The van der Waals surface area contributed by atoms with E-state index in [1.54, 1.807) is 13.3 Å². The van der Waals surface area contributed by atoms with Gasteiger partial charge >= 0.3 is 0 Å². The van der Waals surface area contributed by atoms with Crippen molar-refractivity contribution in [2.24, 2.45) is 0 Å². The van der Waals surface area contributed by atoms with Crippen molar-refractivity contribution in [3.05, 3.63) is 41.2 Å². The number of halogens is 1. The van der Waals surface area contributed by atoms with E-state index < -0.39 is 0 Å². The number of benzene rings is 1. The Hall–Kier alpha value is -1.65. The summed E-state index contributed by atoms with van der Waals surface area (Å²) in [6, 6.07) is 7.57. The van der Waals surface area contributed by atoms with Crippen molar-refractivity contribution in [1.82, 2.24) is 9.88 Å². The second-order valence-corrected chi connectivity index (χ2v) is 5.26. The number of carbonyl (C=O) groups is 1. The number of methoxy groups -OCH3 is 1. The predicted octanol–water partition coefficient (Wildman–Crippen LogP) is 2.75. The van der Waals surface area contributed by atoms with Crippen molar-refractivity contribution in [2.45, 2.75) is 12.5 Å². The highest BCUT2D eigenvalue weighted by Crippen LogP contribution is 2.26. The number of amides is 1. The van der Waals surface area contributed by atoms with Crippen LogP contribution >= 0.6 is 11.6 Å². The third-order valence-corrected chi connectivity index (χ3v) is 4.04. The minimum absolute atomic E-state index is 0.00934. The summed E-state index contributed by atoms with van der Waals surface area (Å²) >= 11 is 6.08. The van der Waals surface area contributed by atoms with Gasteiger partial charge in [0.15, 0.2) is 0 Å². The van der Waals surface area contributed by atoms with Crippen molar-refractivity contribution in [2.75, 3.05) is 20.2 Å². The number of pyridine rings is 1. The van der Waals surface area contributed by atoms with Crippen LogP contribution in [-0.4, -0.2) is 42.1 Å². The molecule has 3 rings (SSSR count). The van der Waals surface area contributed by atoms with Crippen LogP contribution in [0.15, 0.2) is 30.5 Å². The van der Waals surface area contributed by atoms with Gasteiger partial charge in [0, 0.05) is 31.8 Å². The van der Waals surface area contributed by atoms with E-state index in [2.05, 4.69) is 4.98 Å². The first-order valence-corrected chi connectivity index (χ1v) is 6.94. The minimum Gasteiger partial charge on any atom is -0.380 e. The number of aromatic nitrogens is 1. The van der Waals surface area contributed by atoms with Crippen LogP contribution in [0.5, 0.6) is 0 Å². The van der Waals surface area contributed by atoms with Crippen LogP contribution in [0.1, 0.15) is 16.8 Å². The van der Waals surface area contributed by atoms with Gasteiger partial charge in [0.2, 0.25) is 0 Å². The molecule has 2 aromatic rings. The Bertz CT molecular complexity index is 659. The number of nitrogens with zero attached hydrogens (tertiary/aromatic N) is 2. The Morgan fingerprint density at radius 1 is 1.40 bits per heavy atom. The molecule has 1 unspecified atom stereocenters. The molecule has 1 amide bonds. The molecule has 2 heterocycles. The molecule has 104 valence electrons. The first kappa shape index (κ1) is 13.3. The monoisotopic (exact) mass is 290 g/mol. The zero-order chi connectivity index (χ0) is 14.1. The van der Waals surface area contributed by atoms with E-state index in [0.717, 1.165) is 17.2 Å². The molecule has 5 heteroatoms. The first-order chi connectivity index (χ1) is 9.70. The summed E-state index contributed by atoms with van der Waals surface area (Å²) in [4.78, 5) is 18.6. The fourth-order valence-corrected chi connectivity index (χ4v) is 2.82. The molecule has 1 aliphatic rings. The lowest BCUT2D eigenvalue weighted by Gasteiger charge is -2.17. The number of rotatable bonds is 2. The highest BCUT2D eigenvalue weighted by molar-refractivity contribution is 6.34. The molecule has 1 atom stereocenters. The van der Waals surface area contributed by atoms with Gasteiger partial charge in [-0.05, 0) is 11.8 Å². The normalized spacial score (nSPS) is 18.7. The van der Waals surface area contributed by atoms with E-state index in [0.29, 0.717) is 23.8 Å². The number of likely N-dealkylation sites (tertiary alicyclic amines) is 1. The van der Waals surface area contributed by atoms with Gasteiger partial charge in [-0.15, -0.1) is 0 Å². The smallest absolute Gasteiger partial charge is 0.256 e. The molecule has 1 aromatic carbocycles. The second-order valence-electron chi connectivity index (χ2n) is 4.91. The molecule has 0 N–H and O–H groups in total. The van der Waals surface area contributed by atoms with E-state index in [-0.39, 0.29) is 12.0 Å². The predicted molar refractivity (Wildman–Crippen MR) is 78.1 cm³/mol. The van der Waals surface area contributed by atoms with Crippen molar-refractivity contribution in [3.63, 3.8) is 0 Å². The van der Waals surface area contributed by atoms with Gasteiger partial charge in [-0.25, -0.2) is 4.98 Å². The quantitative estimate of drug-likeness (QED) is 0.799. The van der Waals surface area contributed by atoms with Gasteiger partial charge in [0.05, 0.1) is 11.7 Å². The Morgan fingerprint density at radius 2 is 2.15 bits per heavy atom. The molecule has 1 saturated heterocycles. The zero-order valence-corrected chi connectivity index (χ0v) is 11.9. The van der Waals surface area contributed by atoms with Crippen LogP contribution in [0.25, 0.3) is 10.8 Å². The molecular formula is C15H15ClN2O2. The fraction of sp³-hybridized carbons (Fsp3) is 0.333. The number of fused-ring (bicyclic) bond motifs is 1. The van der Waals surface area contributed by atoms with Crippen molar-refractivity contribution >= 4 is 28.3 Å². The van der Waals surface area contributed by atoms with Gasteiger partial charge in [-0.1, -0.05) is 35.9 Å². The number of hydrogen-bond donors (Lipinski definition) is 0. The van der Waals surface area contributed by atoms with Crippen LogP contribution in [0, 0.1) is 0 Å². The summed E-state index contributed by atoms with van der Waals surface area (Å²) in [7, 11) is 1.68. The summed E-state index contributed by atoms with van der Waals surface area (Å²) in [5, 5.41) is 2.08. The topological polar surface area (TPSA) is 42.4 Å². The van der Waals surface area contributed by atoms with Crippen LogP contribution in [0.3, 0.4) is 0 Å². The van der Waals surface area contributed by atoms with Gasteiger partial charge in [0.1, 0.15) is 5.15 Å². The van der Waals surface area contributed by atoms with Crippen LogP contribution in [0.2, 0.25) is 5.15 Å². The average Bonchev–Trinajstić information content (AvgIpc) is 2.96. The van der Waals surface area contributed by atoms with Gasteiger partial charge < -0.3 is 9.64 Å². The lowest BCUT2D eigenvalue weighted by molar-refractivity contribution is 0.0725. The van der Waals surface area contributed by atoms with E-state index >= 15 is 0 Å². The van der Waals surface area contributed by atoms with Gasteiger partial charge in [-0.2, -0.15) is 0 Å². The van der Waals surface area contributed by atoms with Crippen LogP contribution < -0.4 is 0 Å². The molecule has 0 spiro atoms. The third-order valence-electron chi connectivity index (χ3n) is 3.74. The summed E-state index contributed by atoms with van der Waals surface area (Å²) in [6.45, 7) is 1.35. The molecule has 4 nitrogen and oxygen atoms in total. The van der Waals surface area contributed by atoms with Crippen molar-refractivity contribution in [1.29, 1.82) is 0 Å². The Balaban J connectivity index is 1.98. The maximum absolute atomic E-state index is 12.6. The molecule has 0 radical (unpaired) electrons. The maximum atomic E-state index is 12.6. The van der Waals surface area contributed by atoms with E-state index in [9.17, 15) is 4.79 Å². The lowest BCUT2D eigenvalue weighted by atomic mass is 10.1. The molecular weight excluding hydrogens is 276 g/mol. The van der Waals surface area contributed by atoms with Gasteiger partial charge in [0.25, 0.3) is 5.91 Å². The van der Waals surface area contributed by atoms with Crippen molar-refractivity contribution < 1.29 is 9.53 Å². The lowest BCUT2D eigenvalue weighted by Crippen LogP contribution is -2.30. The van der Waals surface area contributed by atoms with Crippen molar-refractivity contribution in [3.8, 4) is 0 Å². The minimum atomic E-state index is -0.00934. The highest BCUT2D eigenvalue weighted by Gasteiger charge is 2.27. The number of hydrogen-bond acceptors (Lipinski definition) is 3. The van der Waals surface area contributed by atoms with E-state index in [1.807, 2.05) is 29.2 Å². The number of carbonyl (C=O) groups excluding carboxylic acids is 1. The SMILES string of the molecule is COC1CCN(C(=O)c2cnc(Cl)c3ccccc23)C1. The fourth-order valence-electron chi connectivity index (χ4n) is 2.60. The highest BCUT2D eigenvalue weighted by atomic mass is 35.5. The van der Waals surface area contributed by atoms with Crippen LogP contribution in [-0.2, 0) is 4.74 Å². The molecule has 0 saturated carbocycles. The third kappa shape index (κ3) is 2.25. The summed E-state index contributed by atoms with van der Waals surface area (Å²) in [5.41, 5.74) is 0.599. The summed E-state index contributed by atoms with van der Waals surface area (Å²) in [6.07, 6.45) is 2.57. The zero-order valence-electron chi connectivity index (χ0n) is 11.2. The summed E-state index contributed by atoms with van der Waals surface area (Å²) in [5.74, 6) is -0.00934. The molecule has 1 aromatic heterocycles. The van der Waals surface area contributed by atoms with E-state index in [4.69, 9.17) is 16.3 Å². The standard InChI is InChI=1S/C15H15ClN2O2/c1-20-10-6-7-18(9-10)15(19)13-8-17-14(16)12-5-3-2-4-11(12)13/h2-5,8,10H,6-7,9H2,1H3. The second kappa shape index (κ2) is 5.38. The Kier molecular flexibility index (Phi) is 3.59. The molecule has 1 aliphatic heterocycles.